The number of ether oxygens (including phenoxy) is 1. The van der Waals surface area contributed by atoms with Crippen molar-refractivity contribution in [2.75, 3.05) is 25.0 Å². The number of nitrogens with zero attached hydrogens (tertiary/aromatic N) is 6. The summed E-state index contributed by atoms with van der Waals surface area (Å²) in [5.41, 5.74) is 3.03. The van der Waals surface area contributed by atoms with Crippen LogP contribution in [0, 0.1) is 0 Å². The number of pyridine rings is 1. The minimum Gasteiger partial charge on any atom is -0.374 e. The molecule has 1 aliphatic rings. The van der Waals surface area contributed by atoms with Gasteiger partial charge in [-0.3, -0.25) is 9.48 Å². The van der Waals surface area contributed by atoms with Gasteiger partial charge in [-0.1, -0.05) is 6.08 Å². The van der Waals surface area contributed by atoms with E-state index in [2.05, 4.69) is 20.5 Å². The SMILES string of the molecule is CC(C)(C)OCCn1cc(Nc2nc3c(C4=CCN(C(=O)CCC(F)(F)F)CC4)cccn3n2)cn1. The van der Waals surface area contributed by atoms with Crippen LogP contribution >= 0.6 is 0 Å². The van der Waals surface area contributed by atoms with Crippen molar-refractivity contribution in [1.29, 1.82) is 0 Å². The van der Waals surface area contributed by atoms with E-state index >= 15 is 0 Å². The van der Waals surface area contributed by atoms with Gasteiger partial charge in [-0.2, -0.15) is 23.3 Å². The largest absolute Gasteiger partial charge is 0.389 e. The van der Waals surface area contributed by atoms with Gasteiger partial charge < -0.3 is 15.0 Å². The highest BCUT2D eigenvalue weighted by Crippen LogP contribution is 2.28. The van der Waals surface area contributed by atoms with E-state index in [0.29, 0.717) is 37.7 Å². The normalized spacial score (nSPS) is 14.8. The third-order valence-electron chi connectivity index (χ3n) is 5.64. The van der Waals surface area contributed by atoms with Crippen LogP contribution in [0.3, 0.4) is 0 Å². The maximum Gasteiger partial charge on any atom is 0.389 e. The molecule has 0 aliphatic carbocycles. The van der Waals surface area contributed by atoms with Crippen molar-refractivity contribution >= 4 is 28.8 Å². The topological polar surface area (TPSA) is 89.6 Å². The fourth-order valence-corrected chi connectivity index (χ4v) is 3.88. The van der Waals surface area contributed by atoms with Crippen LogP contribution in [0.15, 0.2) is 36.8 Å². The zero-order valence-corrected chi connectivity index (χ0v) is 20.5. The van der Waals surface area contributed by atoms with Gasteiger partial charge in [-0.25, -0.2) is 4.52 Å². The molecule has 4 rings (SSSR count). The standard InChI is InChI=1S/C24H30F3N7O2/c1-23(2,3)36-14-13-33-16-18(15-28-33)29-22-30-21-19(5-4-10-34(21)31-22)17-7-11-32(12-8-17)20(35)6-9-24(25,26)27/h4-5,7,10,15-16H,6,8-9,11-14H2,1-3H3,(H,29,31). The molecule has 0 saturated heterocycles. The lowest BCUT2D eigenvalue weighted by Gasteiger charge is -2.27. The van der Waals surface area contributed by atoms with Crippen LogP contribution < -0.4 is 5.32 Å². The van der Waals surface area contributed by atoms with Gasteiger partial charge in [0, 0.05) is 37.5 Å². The van der Waals surface area contributed by atoms with Gasteiger partial charge in [0.25, 0.3) is 0 Å². The number of rotatable bonds is 8. The second-order valence-corrected chi connectivity index (χ2v) is 9.64. The van der Waals surface area contributed by atoms with Crippen molar-refractivity contribution in [3.05, 3.63) is 42.4 Å². The Kier molecular flexibility index (Phi) is 7.34. The predicted molar refractivity (Wildman–Crippen MR) is 129 cm³/mol. The minimum absolute atomic E-state index is 0.207. The summed E-state index contributed by atoms with van der Waals surface area (Å²) in [7, 11) is 0. The summed E-state index contributed by atoms with van der Waals surface area (Å²) in [6.45, 7) is 7.80. The summed E-state index contributed by atoms with van der Waals surface area (Å²) < 4.78 is 46.5. The van der Waals surface area contributed by atoms with Crippen molar-refractivity contribution in [3.63, 3.8) is 0 Å². The van der Waals surface area contributed by atoms with E-state index in [9.17, 15) is 18.0 Å². The highest BCUT2D eigenvalue weighted by atomic mass is 19.4. The fraction of sp³-hybridized carbons (Fsp3) is 0.500. The van der Waals surface area contributed by atoms with E-state index in [0.717, 1.165) is 16.8 Å². The molecule has 1 aliphatic heterocycles. The van der Waals surface area contributed by atoms with Gasteiger partial charge in [0.05, 0.1) is 37.1 Å². The fourth-order valence-electron chi connectivity index (χ4n) is 3.88. The summed E-state index contributed by atoms with van der Waals surface area (Å²) in [5.74, 6) is -0.0754. The first-order valence-corrected chi connectivity index (χ1v) is 11.8. The number of amides is 1. The van der Waals surface area contributed by atoms with Gasteiger partial charge in [0.15, 0.2) is 5.65 Å². The van der Waals surface area contributed by atoms with Crippen molar-refractivity contribution in [2.24, 2.45) is 0 Å². The van der Waals surface area contributed by atoms with Crippen molar-refractivity contribution < 1.29 is 22.7 Å². The molecular formula is C24H30F3N7O2. The molecule has 9 nitrogen and oxygen atoms in total. The summed E-state index contributed by atoms with van der Waals surface area (Å²) in [5, 5.41) is 12.0. The third kappa shape index (κ3) is 6.84. The lowest BCUT2D eigenvalue weighted by molar-refractivity contribution is -0.148. The molecule has 0 atom stereocenters. The van der Waals surface area contributed by atoms with Crippen LogP contribution in [0.25, 0.3) is 11.2 Å². The summed E-state index contributed by atoms with van der Waals surface area (Å²) in [6.07, 6.45) is 1.77. The lowest BCUT2D eigenvalue weighted by Crippen LogP contribution is -2.35. The van der Waals surface area contributed by atoms with Gasteiger partial charge >= 0.3 is 6.18 Å². The molecule has 12 heteroatoms. The Morgan fingerprint density at radius 3 is 2.75 bits per heavy atom. The Morgan fingerprint density at radius 1 is 1.25 bits per heavy atom. The smallest absolute Gasteiger partial charge is 0.374 e. The zero-order chi connectivity index (χ0) is 25.9. The first kappa shape index (κ1) is 25.7. The number of anilines is 2. The molecule has 0 fully saturated rings. The van der Waals surface area contributed by atoms with Crippen molar-refractivity contribution in [1.82, 2.24) is 29.3 Å². The van der Waals surface area contributed by atoms with Crippen LogP contribution in [-0.2, 0) is 16.1 Å². The second kappa shape index (κ2) is 10.3. The molecule has 194 valence electrons. The maximum absolute atomic E-state index is 12.4. The molecule has 0 aromatic carbocycles. The van der Waals surface area contributed by atoms with Crippen LogP contribution in [0.4, 0.5) is 24.8 Å². The minimum atomic E-state index is -4.33. The summed E-state index contributed by atoms with van der Waals surface area (Å²) in [6, 6.07) is 3.78. The number of hydrogen-bond donors (Lipinski definition) is 1. The molecule has 3 aromatic rings. The summed E-state index contributed by atoms with van der Waals surface area (Å²) in [4.78, 5) is 18.2. The van der Waals surface area contributed by atoms with Crippen molar-refractivity contribution in [3.8, 4) is 0 Å². The van der Waals surface area contributed by atoms with E-state index in [1.54, 1.807) is 21.6 Å². The Morgan fingerprint density at radius 2 is 2.06 bits per heavy atom. The van der Waals surface area contributed by atoms with Gasteiger partial charge in [-0.05, 0) is 44.9 Å². The number of alkyl halides is 3. The first-order valence-electron chi connectivity index (χ1n) is 11.8. The molecule has 0 spiro atoms. The van der Waals surface area contributed by atoms with Crippen LogP contribution in [-0.4, -0.2) is 66.7 Å². The molecular weight excluding hydrogens is 475 g/mol. The predicted octanol–water partition coefficient (Wildman–Crippen LogP) is 4.44. The lowest BCUT2D eigenvalue weighted by atomic mass is 10.00. The van der Waals surface area contributed by atoms with E-state index in [4.69, 9.17) is 4.74 Å². The van der Waals surface area contributed by atoms with E-state index in [-0.39, 0.29) is 12.1 Å². The van der Waals surface area contributed by atoms with E-state index in [1.165, 1.54) is 4.90 Å². The van der Waals surface area contributed by atoms with E-state index in [1.807, 2.05) is 45.2 Å². The molecule has 0 saturated carbocycles. The Bertz CT molecular complexity index is 1240. The average molecular weight is 506 g/mol. The molecule has 4 heterocycles. The number of carbonyl (C=O) groups is 1. The number of carbonyl (C=O) groups excluding carboxylic acids is 1. The number of hydrogen-bond acceptors (Lipinski definition) is 6. The van der Waals surface area contributed by atoms with Crippen LogP contribution in [0.5, 0.6) is 0 Å². The van der Waals surface area contributed by atoms with Gasteiger partial charge in [0.2, 0.25) is 11.9 Å². The Labute approximate surface area is 206 Å². The van der Waals surface area contributed by atoms with Crippen molar-refractivity contribution in [2.45, 2.75) is 58.4 Å². The van der Waals surface area contributed by atoms with Gasteiger partial charge in [-0.15, -0.1) is 5.10 Å². The molecule has 0 radical (unpaired) electrons. The van der Waals surface area contributed by atoms with Gasteiger partial charge in [0.1, 0.15) is 0 Å². The number of halogens is 3. The van der Waals surface area contributed by atoms with E-state index < -0.39 is 24.9 Å². The Hall–Kier alpha value is -3.41. The molecule has 0 unspecified atom stereocenters. The maximum atomic E-state index is 12.4. The average Bonchev–Trinajstić information content (AvgIpc) is 3.42. The highest BCUT2D eigenvalue weighted by molar-refractivity contribution is 5.81. The molecule has 0 bridgehead atoms. The zero-order valence-electron chi connectivity index (χ0n) is 20.5. The first-order chi connectivity index (χ1) is 17.0. The molecule has 3 aromatic heterocycles. The quantitative estimate of drug-likeness (QED) is 0.487. The van der Waals surface area contributed by atoms with Crippen LogP contribution in [0.2, 0.25) is 0 Å². The second-order valence-electron chi connectivity index (χ2n) is 9.64. The molecule has 1 amide bonds. The number of fused-ring (bicyclic) bond motifs is 1. The Balaban J connectivity index is 1.41. The molecule has 36 heavy (non-hydrogen) atoms. The summed E-state index contributed by atoms with van der Waals surface area (Å²) >= 11 is 0. The number of nitrogens with one attached hydrogen (secondary N) is 1. The van der Waals surface area contributed by atoms with Crippen LogP contribution in [0.1, 0.15) is 45.6 Å². The number of aromatic nitrogens is 5. The monoisotopic (exact) mass is 505 g/mol. The third-order valence-corrected chi connectivity index (χ3v) is 5.64. The molecule has 1 N–H and O–H groups in total. The highest BCUT2D eigenvalue weighted by Gasteiger charge is 2.29.